The predicted molar refractivity (Wildman–Crippen MR) is 166 cm³/mol. The van der Waals surface area contributed by atoms with E-state index < -0.39 is 20.2 Å². The van der Waals surface area contributed by atoms with Gasteiger partial charge in [-0.05, 0) is 70.8 Å². The van der Waals surface area contributed by atoms with Crippen LogP contribution >= 0.6 is 0 Å². The SMILES string of the molecule is CCCc1ccc(CCC)c2c(S(=O)(=O)[O-])cccc12.CCCc1ccc(CCC)c2c(S(=O)(=O)[O-])cccc12.[Ca+2]. The summed E-state index contributed by atoms with van der Waals surface area (Å²) in [7, 11) is -8.90. The Morgan fingerprint density at radius 2 is 0.780 bits per heavy atom. The molecular weight excluding hydrogens is 585 g/mol. The molecule has 0 bridgehead atoms. The van der Waals surface area contributed by atoms with Crippen molar-refractivity contribution in [2.45, 2.75) is 88.9 Å². The first-order valence-electron chi connectivity index (χ1n) is 14.0. The normalized spacial score (nSPS) is 11.7. The fourth-order valence-corrected chi connectivity index (χ4v) is 6.83. The van der Waals surface area contributed by atoms with Crippen LogP contribution < -0.4 is 0 Å². The van der Waals surface area contributed by atoms with Crippen LogP contribution in [0.25, 0.3) is 21.5 Å². The number of aryl methyl sites for hydroxylation is 4. The summed E-state index contributed by atoms with van der Waals surface area (Å²) in [6.45, 7) is 8.25. The maximum atomic E-state index is 11.5. The molecule has 0 fully saturated rings. The molecule has 0 saturated carbocycles. The zero-order chi connectivity index (χ0) is 29.5. The summed E-state index contributed by atoms with van der Waals surface area (Å²) in [6, 6.07) is 18.0. The van der Waals surface area contributed by atoms with Gasteiger partial charge in [-0.2, -0.15) is 0 Å². The molecular formula is C32H38CaO6S2. The number of rotatable bonds is 10. The van der Waals surface area contributed by atoms with Crippen molar-refractivity contribution in [2.75, 3.05) is 0 Å². The largest absolute Gasteiger partial charge is 2.00 e. The molecule has 0 saturated heterocycles. The first-order valence-corrected chi connectivity index (χ1v) is 16.8. The molecule has 0 aliphatic rings. The molecule has 0 spiro atoms. The van der Waals surface area contributed by atoms with Gasteiger partial charge in [0.2, 0.25) is 0 Å². The van der Waals surface area contributed by atoms with Crippen LogP contribution in [0, 0.1) is 0 Å². The first kappa shape index (κ1) is 35.7. The van der Waals surface area contributed by atoms with E-state index in [2.05, 4.69) is 26.0 Å². The quantitative estimate of drug-likeness (QED) is 0.140. The summed E-state index contributed by atoms with van der Waals surface area (Å²) < 4.78 is 69.1. The number of hydrogen-bond acceptors (Lipinski definition) is 6. The molecule has 0 aromatic heterocycles. The van der Waals surface area contributed by atoms with Crippen molar-refractivity contribution in [3.05, 3.63) is 82.9 Å². The second-order valence-electron chi connectivity index (χ2n) is 10.0. The zero-order valence-electron chi connectivity index (χ0n) is 24.4. The third-order valence-corrected chi connectivity index (χ3v) is 8.73. The first-order chi connectivity index (χ1) is 19.0. The molecule has 0 heterocycles. The average Bonchev–Trinajstić information content (AvgIpc) is 2.90. The minimum absolute atomic E-state index is 0. The van der Waals surface area contributed by atoms with Crippen molar-refractivity contribution in [1.29, 1.82) is 0 Å². The van der Waals surface area contributed by atoms with E-state index in [1.54, 1.807) is 12.1 Å². The van der Waals surface area contributed by atoms with Gasteiger partial charge in [-0.3, -0.25) is 0 Å². The third kappa shape index (κ3) is 8.75. The molecule has 0 radical (unpaired) electrons. The Morgan fingerprint density at radius 1 is 0.488 bits per heavy atom. The van der Waals surface area contributed by atoms with E-state index >= 15 is 0 Å². The summed E-state index contributed by atoms with van der Waals surface area (Å²) in [5, 5.41) is 3.04. The molecule has 4 rings (SSSR count). The number of hydrogen-bond donors (Lipinski definition) is 0. The summed E-state index contributed by atoms with van der Waals surface area (Å²) in [5.41, 5.74) is 4.09. The molecule has 0 atom stereocenters. The molecule has 0 N–H and O–H groups in total. The van der Waals surface area contributed by atoms with Crippen molar-refractivity contribution in [3.8, 4) is 0 Å². The van der Waals surface area contributed by atoms with E-state index in [1.807, 2.05) is 38.1 Å². The standard InChI is InChI=1S/2C16H20O3S.Ca/c2*1-3-6-12-10-11-13(7-4-2)16-14(12)8-5-9-15(16)20(17,18)19;/h2*5,8-11H,3-4,6-7H2,1-2H3,(H,17,18,19);/q;;+2/p-2. The minimum Gasteiger partial charge on any atom is -0.744 e. The Labute approximate surface area is 275 Å². The smallest absolute Gasteiger partial charge is 0.744 e. The number of benzene rings is 4. The molecule has 216 valence electrons. The van der Waals surface area contributed by atoms with Gasteiger partial charge in [0.15, 0.2) is 0 Å². The predicted octanol–water partition coefficient (Wildman–Crippen LogP) is 6.92. The van der Waals surface area contributed by atoms with Crippen molar-refractivity contribution < 1.29 is 25.9 Å². The van der Waals surface area contributed by atoms with Gasteiger partial charge in [0.1, 0.15) is 20.2 Å². The van der Waals surface area contributed by atoms with Gasteiger partial charge in [-0.15, -0.1) is 0 Å². The van der Waals surface area contributed by atoms with Crippen LogP contribution in [0.4, 0.5) is 0 Å². The van der Waals surface area contributed by atoms with Gasteiger partial charge in [-0.1, -0.05) is 102 Å². The van der Waals surface area contributed by atoms with Crippen molar-refractivity contribution in [3.63, 3.8) is 0 Å². The van der Waals surface area contributed by atoms with E-state index in [4.69, 9.17) is 0 Å². The molecule has 4 aromatic carbocycles. The van der Waals surface area contributed by atoms with Crippen LogP contribution in [-0.4, -0.2) is 63.7 Å². The Kier molecular flexibility index (Phi) is 13.8. The summed E-state index contributed by atoms with van der Waals surface area (Å²) in [6.07, 6.45) is 7.10. The van der Waals surface area contributed by atoms with Crippen LogP contribution in [0.15, 0.2) is 70.5 Å². The van der Waals surface area contributed by atoms with Gasteiger partial charge < -0.3 is 9.11 Å². The van der Waals surface area contributed by atoms with Gasteiger partial charge >= 0.3 is 37.7 Å². The Balaban J connectivity index is 0.000000280. The maximum absolute atomic E-state index is 11.5. The van der Waals surface area contributed by atoms with Crippen LogP contribution in [0.2, 0.25) is 0 Å². The molecule has 0 amide bonds. The molecule has 4 aromatic rings. The monoisotopic (exact) mass is 622 g/mol. The van der Waals surface area contributed by atoms with E-state index in [-0.39, 0.29) is 47.5 Å². The minimum atomic E-state index is -4.45. The second-order valence-corrected chi connectivity index (χ2v) is 12.7. The second kappa shape index (κ2) is 15.8. The summed E-state index contributed by atoms with van der Waals surface area (Å²) >= 11 is 0. The van der Waals surface area contributed by atoms with Gasteiger partial charge in [-0.25, -0.2) is 16.8 Å². The van der Waals surface area contributed by atoms with Crippen LogP contribution in [0.1, 0.15) is 75.6 Å². The Bertz CT molecular complexity index is 1570. The zero-order valence-corrected chi connectivity index (χ0v) is 28.2. The Hall–Kier alpha value is -1.52. The third-order valence-electron chi connectivity index (χ3n) is 6.97. The van der Waals surface area contributed by atoms with Crippen LogP contribution in [-0.2, 0) is 45.9 Å². The maximum Gasteiger partial charge on any atom is 2.00 e. The fourth-order valence-electron chi connectivity index (χ4n) is 5.36. The van der Waals surface area contributed by atoms with Gasteiger partial charge in [0.05, 0.1) is 9.79 Å². The van der Waals surface area contributed by atoms with Crippen LogP contribution in [0.5, 0.6) is 0 Å². The number of fused-ring (bicyclic) bond motifs is 2. The van der Waals surface area contributed by atoms with Crippen LogP contribution in [0.3, 0.4) is 0 Å². The van der Waals surface area contributed by atoms with E-state index in [1.165, 1.54) is 12.1 Å². The van der Waals surface area contributed by atoms with E-state index in [9.17, 15) is 25.9 Å². The van der Waals surface area contributed by atoms with Gasteiger partial charge in [0.25, 0.3) is 0 Å². The summed E-state index contributed by atoms with van der Waals surface area (Å²) in [5.74, 6) is 0. The van der Waals surface area contributed by atoms with Crippen molar-refractivity contribution in [1.82, 2.24) is 0 Å². The molecule has 41 heavy (non-hydrogen) atoms. The molecule has 0 unspecified atom stereocenters. The fraction of sp³-hybridized carbons (Fsp3) is 0.375. The topological polar surface area (TPSA) is 114 Å². The van der Waals surface area contributed by atoms with Gasteiger partial charge in [0, 0.05) is 10.8 Å². The molecule has 6 nitrogen and oxygen atoms in total. The molecule has 0 aliphatic carbocycles. The molecule has 9 heteroatoms. The Morgan fingerprint density at radius 3 is 1.07 bits per heavy atom. The average molecular weight is 623 g/mol. The van der Waals surface area contributed by atoms with Crippen molar-refractivity contribution >= 4 is 79.5 Å². The van der Waals surface area contributed by atoms with E-state index in [0.29, 0.717) is 10.8 Å². The van der Waals surface area contributed by atoms with Crippen molar-refractivity contribution in [2.24, 2.45) is 0 Å². The van der Waals surface area contributed by atoms with E-state index in [0.717, 1.165) is 84.4 Å². The molecule has 0 aliphatic heterocycles. The summed E-state index contributed by atoms with van der Waals surface area (Å²) in [4.78, 5) is -0.173.